The molecule has 19 heavy (non-hydrogen) atoms. The van der Waals surface area contributed by atoms with Crippen LogP contribution in [-0.4, -0.2) is 45.9 Å². The van der Waals surface area contributed by atoms with E-state index in [2.05, 4.69) is 15.2 Å². The Labute approximate surface area is 111 Å². The molecule has 0 aromatic carbocycles. The fourth-order valence-corrected chi connectivity index (χ4v) is 3.25. The summed E-state index contributed by atoms with van der Waals surface area (Å²) in [4.78, 5) is 18.8. The zero-order chi connectivity index (χ0) is 12.8. The van der Waals surface area contributed by atoms with Gasteiger partial charge in [-0.3, -0.25) is 4.79 Å². The summed E-state index contributed by atoms with van der Waals surface area (Å²) in [6, 6.07) is 4.10. The molecular weight excluding hydrogens is 240 g/mol. The average Bonchev–Trinajstić information content (AvgIpc) is 3.13. The van der Waals surface area contributed by atoms with Gasteiger partial charge in [-0.25, -0.2) is 4.98 Å². The molecular formula is C14H16N4O. The summed E-state index contributed by atoms with van der Waals surface area (Å²) >= 11 is 0. The maximum atomic E-state index is 12.3. The molecule has 4 rings (SSSR count). The van der Waals surface area contributed by atoms with E-state index in [1.54, 1.807) is 12.5 Å². The molecule has 5 nitrogen and oxygen atoms in total. The number of hydrogen-bond acceptors (Lipinski definition) is 3. The first-order chi connectivity index (χ1) is 9.29. The molecule has 2 aromatic heterocycles. The summed E-state index contributed by atoms with van der Waals surface area (Å²) in [5, 5.41) is 3.17. The monoisotopic (exact) mass is 256 g/mol. The maximum Gasteiger partial charge on any atom is 0.253 e. The van der Waals surface area contributed by atoms with Crippen LogP contribution in [0.2, 0.25) is 0 Å². The molecule has 2 unspecified atom stereocenters. The Morgan fingerprint density at radius 2 is 2.32 bits per heavy atom. The lowest BCUT2D eigenvalue weighted by atomic mass is 10.00. The van der Waals surface area contributed by atoms with Crippen LogP contribution in [0.15, 0.2) is 30.9 Å². The van der Waals surface area contributed by atoms with Gasteiger partial charge < -0.3 is 14.6 Å². The second-order valence-corrected chi connectivity index (χ2v) is 5.53. The van der Waals surface area contributed by atoms with Crippen LogP contribution in [0.3, 0.4) is 0 Å². The van der Waals surface area contributed by atoms with Crippen molar-refractivity contribution in [1.29, 1.82) is 0 Å². The molecule has 3 atom stereocenters. The minimum absolute atomic E-state index is 0.0225. The van der Waals surface area contributed by atoms with Crippen LogP contribution < -0.4 is 5.32 Å². The van der Waals surface area contributed by atoms with Gasteiger partial charge in [-0.2, -0.15) is 0 Å². The standard InChI is InChI=1S/C14H16N4O/c19-14(16-13-8-17-4-3-10(13)6-17)11-1-2-12-5-15-9-18(12)7-11/h1-2,5,7,9-10,13H,3-4,6,8H2,(H,16,19)/t10-,13?/m0/s1. The van der Waals surface area contributed by atoms with Crippen LogP contribution in [-0.2, 0) is 0 Å². The summed E-state index contributed by atoms with van der Waals surface area (Å²) < 4.78 is 1.87. The smallest absolute Gasteiger partial charge is 0.253 e. The van der Waals surface area contributed by atoms with Crippen LogP contribution in [0.4, 0.5) is 0 Å². The summed E-state index contributed by atoms with van der Waals surface area (Å²) in [5.41, 5.74) is 1.70. The van der Waals surface area contributed by atoms with Gasteiger partial charge in [0.1, 0.15) is 0 Å². The molecule has 0 radical (unpaired) electrons. The molecule has 0 aliphatic carbocycles. The average molecular weight is 256 g/mol. The third-order valence-corrected chi connectivity index (χ3v) is 4.32. The van der Waals surface area contributed by atoms with Crippen molar-refractivity contribution in [2.75, 3.05) is 19.6 Å². The molecule has 1 N–H and O–H groups in total. The fraction of sp³-hybridized carbons (Fsp3) is 0.429. The molecule has 2 fully saturated rings. The van der Waals surface area contributed by atoms with E-state index >= 15 is 0 Å². The number of imidazole rings is 1. The van der Waals surface area contributed by atoms with Crippen molar-refractivity contribution in [1.82, 2.24) is 19.6 Å². The van der Waals surface area contributed by atoms with Gasteiger partial charge in [0.05, 0.1) is 23.6 Å². The quantitative estimate of drug-likeness (QED) is 0.863. The second-order valence-electron chi connectivity index (χ2n) is 5.53. The summed E-state index contributed by atoms with van der Waals surface area (Å²) in [7, 11) is 0. The van der Waals surface area contributed by atoms with E-state index in [0.717, 1.165) is 18.6 Å². The number of hydrogen-bond donors (Lipinski definition) is 1. The SMILES string of the molecule is O=C(NC1CN2CC[C@H]1C2)c1ccc2cncn2c1. The zero-order valence-electron chi connectivity index (χ0n) is 10.6. The van der Waals surface area contributed by atoms with E-state index in [-0.39, 0.29) is 5.91 Å². The lowest BCUT2D eigenvalue weighted by Crippen LogP contribution is -2.43. The van der Waals surface area contributed by atoms with Gasteiger partial charge in [-0.1, -0.05) is 0 Å². The number of fused-ring (bicyclic) bond motifs is 3. The first-order valence-electron chi connectivity index (χ1n) is 6.74. The van der Waals surface area contributed by atoms with Gasteiger partial charge in [0, 0.05) is 25.3 Å². The van der Waals surface area contributed by atoms with Crippen LogP contribution >= 0.6 is 0 Å². The molecule has 5 heteroatoms. The summed E-state index contributed by atoms with van der Waals surface area (Å²) in [6.45, 7) is 3.34. The number of pyridine rings is 1. The van der Waals surface area contributed by atoms with E-state index in [9.17, 15) is 4.79 Å². The highest BCUT2D eigenvalue weighted by atomic mass is 16.1. The van der Waals surface area contributed by atoms with Crippen molar-refractivity contribution in [3.05, 3.63) is 36.4 Å². The topological polar surface area (TPSA) is 49.6 Å². The number of piperidine rings is 1. The first-order valence-corrected chi connectivity index (χ1v) is 6.74. The van der Waals surface area contributed by atoms with Crippen molar-refractivity contribution in [3.63, 3.8) is 0 Å². The van der Waals surface area contributed by atoms with E-state index in [1.807, 2.05) is 22.7 Å². The molecule has 98 valence electrons. The number of carbonyl (C=O) groups is 1. The van der Waals surface area contributed by atoms with E-state index in [4.69, 9.17) is 0 Å². The normalized spacial score (nSPS) is 28.9. The number of nitrogens with zero attached hydrogens (tertiary/aromatic N) is 3. The predicted molar refractivity (Wildman–Crippen MR) is 71.0 cm³/mol. The number of aromatic nitrogens is 2. The Balaban J connectivity index is 1.53. The molecule has 2 aliphatic rings. The highest BCUT2D eigenvalue weighted by Crippen LogP contribution is 2.27. The Morgan fingerprint density at radius 1 is 1.37 bits per heavy atom. The first kappa shape index (κ1) is 11.0. The minimum Gasteiger partial charge on any atom is -0.348 e. The maximum absolute atomic E-state index is 12.3. The van der Waals surface area contributed by atoms with Crippen molar-refractivity contribution in [2.45, 2.75) is 12.5 Å². The predicted octanol–water partition coefficient (Wildman–Crippen LogP) is 0.768. The Bertz CT molecular complexity index is 635. The Kier molecular flexibility index (Phi) is 2.35. The molecule has 2 aliphatic heterocycles. The second kappa shape index (κ2) is 4.06. The number of nitrogens with one attached hydrogen (secondary N) is 1. The van der Waals surface area contributed by atoms with Gasteiger partial charge in [0.15, 0.2) is 0 Å². The lowest BCUT2D eigenvalue weighted by Gasteiger charge is -2.23. The summed E-state index contributed by atoms with van der Waals surface area (Å²) in [6.07, 6.45) is 6.55. The van der Waals surface area contributed by atoms with Crippen molar-refractivity contribution >= 4 is 11.4 Å². The van der Waals surface area contributed by atoms with Crippen LogP contribution in [0.1, 0.15) is 16.8 Å². The zero-order valence-corrected chi connectivity index (χ0v) is 10.6. The van der Waals surface area contributed by atoms with E-state index in [1.165, 1.54) is 13.0 Å². The largest absolute Gasteiger partial charge is 0.348 e. The van der Waals surface area contributed by atoms with Gasteiger partial charge in [0.2, 0.25) is 0 Å². The van der Waals surface area contributed by atoms with Crippen molar-refractivity contribution < 1.29 is 4.79 Å². The lowest BCUT2D eigenvalue weighted by molar-refractivity contribution is 0.0924. The van der Waals surface area contributed by atoms with Crippen LogP contribution in [0, 0.1) is 5.92 Å². The third-order valence-electron chi connectivity index (χ3n) is 4.32. The number of amides is 1. The van der Waals surface area contributed by atoms with E-state index in [0.29, 0.717) is 17.5 Å². The van der Waals surface area contributed by atoms with E-state index < -0.39 is 0 Å². The highest BCUT2D eigenvalue weighted by Gasteiger charge is 2.38. The Hall–Kier alpha value is -1.88. The van der Waals surface area contributed by atoms with Gasteiger partial charge >= 0.3 is 0 Å². The molecule has 1 amide bonds. The minimum atomic E-state index is 0.0225. The van der Waals surface area contributed by atoms with Crippen LogP contribution in [0.25, 0.3) is 5.52 Å². The number of rotatable bonds is 2. The van der Waals surface area contributed by atoms with Crippen molar-refractivity contribution in [2.24, 2.45) is 5.92 Å². The molecule has 0 saturated carbocycles. The fourth-order valence-electron chi connectivity index (χ4n) is 3.25. The molecule has 2 aromatic rings. The van der Waals surface area contributed by atoms with Crippen molar-refractivity contribution in [3.8, 4) is 0 Å². The molecule has 0 spiro atoms. The van der Waals surface area contributed by atoms with Gasteiger partial charge in [0.25, 0.3) is 5.91 Å². The van der Waals surface area contributed by atoms with Gasteiger partial charge in [-0.15, -0.1) is 0 Å². The third kappa shape index (κ3) is 1.81. The molecule has 2 bridgehead atoms. The summed E-state index contributed by atoms with van der Waals surface area (Å²) in [5.74, 6) is 0.662. The van der Waals surface area contributed by atoms with Crippen LogP contribution in [0.5, 0.6) is 0 Å². The highest BCUT2D eigenvalue weighted by molar-refractivity contribution is 5.94. The Morgan fingerprint density at radius 3 is 3.11 bits per heavy atom. The number of carbonyl (C=O) groups excluding carboxylic acids is 1. The molecule has 2 saturated heterocycles. The molecule has 4 heterocycles. The van der Waals surface area contributed by atoms with Gasteiger partial charge in [-0.05, 0) is 31.0 Å².